The molecule has 12 heavy (non-hydrogen) atoms. The third-order valence-corrected chi connectivity index (χ3v) is 3.04. The van der Waals surface area contributed by atoms with Gasteiger partial charge in [0.25, 0.3) is 0 Å². The molecule has 0 aromatic rings. The molecule has 2 heteroatoms. The Bertz CT molecular complexity index is 288. The van der Waals surface area contributed by atoms with E-state index < -0.39 is 5.41 Å². The molecule has 0 heterocycles. The lowest BCUT2D eigenvalue weighted by molar-refractivity contribution is -0.129. The second-order valence-electron chi connectivity index (χ2n) is 3.92. The van der Waals surface area contributed by atoms with E-state index in [9.17, 15) is 9.59 Å². The molecular formula is C10H12O2. The number of hydrogen-bond donors (Lipinski definition) is 0. The number of allylic oxidation sites excluding steroid dienone is 2. The third kappa shape index (κ3) is 0.872. The first-order valence-corrected chi connectivity index (χ1v) is 4.40. The van der Waals surface area contributed by atoms with Gasteiger partial charge in [0.05, 0.1) is 5.41 Å². The fraction of sp³-hybridized carbons (Fsp3) is 0.600. The van der Waals surface area contributed by atoms with Gasteiger partial charge in [-0.1, -0.05) is 5.57 Å². The summed E-state index contributed by atoms with van der Waals surface area (Å²) in [6.45, 7) is 1.91. The summed E-state index contributed by atoms with van der Waals surface area (Å²) in [6, 6.07) is 0. The van der Waals surface area contributed by atoms with Gasteiger partial charge in [0.1, 0.15) is 5.78 Å². The number of ketones is 2. The summed E-state index contributed by atoms with van der Waals surface area (Å²) in [5.74, 6) is 0.383. The molecule has 64 valence electrons. The molecule has 0 aromatic heterocycles. The van der Waals surface area contributed by atoms with E-state index >= 15 is 0 Å². The minimum atomic E-state index is -0.407. The van der Waals surface area contributed by atoms with Gasteiger partial charge in [0.2, 0.25) is 0 Å². The normalized spacial score (nSPS) is 34.9. The van der Waals surface area contributed by atoms with Crippen LogP contribution in [0.3, 0.4) is 0 Å². The van der Waals surface area contributed by atoms with Gasteiger partial charge < -0.3 is 0 Å². The van der Waals surface area contributed by atoms with Crippen LogP contribution in [0.5, 0.6) is 0 Å². The summed E-state index contributed by atoms with van der Waals surface area (Å²) >= 11 is 0. The highest BCUT2D eigenvalue weighted by Crippen LogP contribution is 2.44. The Balaban J connectivity index is 2.40. The molecule has 1 fully saturated rings. The standard InChI is InChI=1S/C10H12O2/c1-10-6-8(11)5-7(10)3-2-4-9(10)12/h5H,2-4,6H2,1H3/t10-/m0/s1. The quantitative estimate of drug-likeness (QED) is 0.545. The highest BCUT2D eigenvalue weighted by molar-refractivity contribution is 6.03. The molecule has 1 saturated carbocycles. The Kier molecular flexibility index (Phi) is 1.47. The molecule has 0 amide bonds. The summed E-state index contributed by atoms with van der Waals surface area (Å²) < 4.78 is 0. The van der Waals surface area contributed by atoms with Crippen LogP contribution in [-0.2, 0) is 9.59 Å². The van der Waals surface area contributed by atoms with Crippen molar-refractivity contribution >= 4 is 11.6 Å². The molecule has 0 unspecified atom stereocenters. The van der Waals surface area contributed by atoms with Gasteiger partial charge in [0, 0.05) is 12.8 Å². The maximum atomic E-state index is 11.6. The molecule has 0 N–H and O–H groups in total. The maximum absolute atomic E-state index is 11.6. The van der Waals surface area contributed by atoms with Crippen molar-refractivity contribution in [3.63, 3.8) is 0 Å². The topological polar surface area (TPSA) is 34.1 Å². The van der Waals surface area contributed by atoms with E-state index in [1.807, 2.05) is 6.92 Å². The van der Waals surface area contributed by atoms with E-state index in [0.717, 1.165) is 18.4 Å². The summed E-state index contributed by atoms with van der Waals surface area (Å²) in [4.78, 5) is 22.7. The van der Waals surface area contributed by atoms with Crippen LogP contribution in [0.2, 0.25) is 0 Å². The Morgan fingerprint density at radius 2 is 2.08 bits per heavy atom. The van der Waals surface area contributed by atoms with Crippen LogP contribution in [0.15, 0.2) is 11.6 Å². The van der Waals surface area contributed by atoms with Crippen LogP contribution >= 0.6 is 0 Å². The molecule has 0 bridgehead atoms. The molecule has 1 atom stereocenters. The SMILES string of the molecule is C[C@]12CC(=O)C=C1CCCC2=O. The van der Waals surface area contributed by atoms with E-state index in [-0.39, 0.29) is 11.6 Å². The lowest BCUT2D eigenvalue weighted by atomic mass is 9.72. The average Bonchev–Trinajstić information content (AvgIpc) is 2.27. The lowest BCUT2D eigenvalue weighted by Gasteiger charge is -2.29. The first-order valence-electron chi connectivity index (χ1n) is 4.40. The monoisotopic (exact) mass is 164 g/mol. The molecule has 0 radical (unpaired) electrons. The van der Waals surface area contributed by atoms with Crippen molar-refractivity contribution in [2.45, 2.75) is 32.6 Å². The van der Waals surface area contributed by atoms with Crippen LogP contribution in [0.25, 0.3) is 0 Å². The van der Waals surface area contributed by atoms with E-state index in [1.165, 1.54) is 0 Å². The number of Topliss-reactive ketones (excluding diaryl/α,β-unsaturated/α-hetero) is 1. The highest BCUT2D eigenvalue weighted by Gasteiger charge is 2.44. The first kappa shape index (κ1) is 7.71. The van der Waals surface area contributed by atoms with Gasteiger partial charge in [-0.25, -0.2) is 0 Å². The maximum Gasteiger partial charge on any atom is 0.156 e. The van der Waals surface area contributed by atoms with Crippen molar-refractivity contribution in [2.24, 2.45) is 5.41 Å². The van der Waals surface area contributed by atoms with Crippen LogP contribution < -0.4 is 0 Å². The number of carbonyl (C=O) groups is 2. The first-order chi connectivity index (χ1) is 5.63. The van der Waals surface area contributed by atoms with Gasteiger partial charge in [-0.3, -0.25) is 9.59 Å². The van der Waals surface area contributed by atoms with E-state index in [1.54, 1.807) is 6.08 Å². The minimum absolute atomic E-state index is 0.128. The van der Waals surface area contributed by atoms with Gasteiger partial charge in [-0.05, 0) is 25.8 Å². The molecular weight excluding hydrogens is 152 g/mol. The third-order valence-electron chi connectivity index (χ3n) is 3.04. The van der Waals surface area contributed by atoms with Crippen molar-refractivity contribution in [3.8, 4) is 0 Å². The van der Waals surface area contributed by atoms with Crippen LogP contribution in [0.4, 0.5) is 0 Å². The van der Waals surface area contributed by atoms with Crippen molar-refractivity contribution < 1.29 is 9.59 Å². The average molecular weight is 164 g/mol. The molecule has 0 saturated heterocycles. The second kappa shape index (κ2) is 2.28. The van der Waals surface area contributed by atoms with Crippen molar-refractivity contribution in [2.75, 3.05) is 0 Å². The van der Waals surface area contributed by atoms with Gasteiger partial charge in [0.15, 0.2) is 5.78 Å². The minimum Gasteiger partial charge on any atom is -0.299 e. The predicted molar refractivity (Wildman–Crippen MR) is 44.7 cm³/mol. The largest absolute Gasteiger partial charge is 0.299 e. The van der Waals surface area contributed by atoms with Crippen molar-refractivity contribution in [1.82, 2.24) is 0 Å². The Hall–Kier alpha value is -0.920. The molecule has 2 rings (SSSR count). The van der Waals surface area contributed by atoms with E-state index in [0.29, 0.717) is 12.8 Å². The Morgan fingerprint density at radius 3 is 2.75 bits per heavy atom. The van der Waals surface area contributed by atoms with E-state index in [4.69, 9.17) is 0 Å². The molecule has 0 spiro atoms. The number of rotatable bonds is 0. The fourth-order valence-corrected chi connectivity index (χ4v) is 2.21. The smallest absolute Gasteiger partial charge is 0.156 e. The van der Waals surface area contributed by atoms with Crippen molar-refractivity contribution in [1.29, 1.82) is 0 Å². The molecule has 0 aliphatic heterocycles. The molecule has 2 aliphatic carbocycles. The number of hydrogen-bond acceptors (Lipinski definition) is 2. The Labute approximate surface area is 71.6 Å². The highest BCUT2D eigenvalue weighted by atomic mass is 16.1. The van der Waals surface area contributed by atoms with E-state index in [2.05, 4.69) is 0 Å². The Morgan fingerprint density at radius 1 is 1.33 bits per heavy atom. The van der Waals surface area contributed by atoms with Crippen LogP contribution in [0.1, 0.15) is 32.6 Å². The summed E-state index contributed by atoms with van der Waals surface area (Å²) in [7, 11) is 0. The summed E-state index contributed by atoms with van der Waals surface area (Å²) in [6.07, 6.45) is 4.61. The zero-order chi connectivity index (χ0) is 8.77. The number of carbonyl (C=O) groups excluding carboxylic acids is 2. The van der Waals surface area contributed by atoms with Crippen molar-refractivity contribution in [3.05, 3.63) is 11.6 Å². The van der Waals surface area contributed by atoms with Gasteiger partial charge in [-0.2, -0.15) is 0 Å². The van der Waals surface area contributed by atoms with Gasteiger partial charge >= 0.3 is 0 Å². The summed E-state index contributed by atoms with van der Waals surface area (Å²) in [5, 5.41) is 0. The van der Waals surface area contributed by atoms with Gasteiger partial charge in [-0.15, -0.1) is 0 Å². The molecule has 2 aliphatic rings. The predicted octanol–water partition coefficient (Wildman–Crippen LogP) is 1.64. The fourth-order valence-electron chi connectivity index (χ4n) is 2.21. The molecule has 2 nitrogen and oxygen atoms in total. The zero-order valence-electron chi connectivity index (χ0n) is 7.22. The zero-order valence-corrected chi connectivity index (χ0v) is 7.22. The van der Waals surface area contributed by atoms with Crippen LogP contribution in [-0.4, -0.2) is 11.6 Å². The number of fused-ring (bicyclic) bond motifs is 1. The molecule has 0 aromatic carbocycles. The lowest BCUT2D eigenvalue weighted by Crippen LogP contribution is -2.31. The van der Waals surface area contributed by atoms with Crippen LogP contribution in [0, 0.1) is 5.41 Å². The second-order valence-corrected chi connectivity index (χ2v) is 3.92. The summed E-state index contributed by atoms with van der Waals surface area (Å²) in [5.41, 5.74) is 0.666.